The fourth-order valence-electron chi connectivity index (χ4n) is 1.91. The Morgan fingerprint density at radius 2 is 2.50 bits per heavy atom. The summed E-state index contributed by atoms with van der Waals surface area (Å²) in [6.45, 7) is 7.22. The second-order valence-electron chi connectivity index (χ2n) is 4.43. The van der Waals surface area contributed by atoms with Gasteiger partial charge in [-0.05, 0) is 13.8 Å². The number of hydrogen-bond donors (Lipinski definition) is 1. The standard InChI is InChI=1S/C11H19N3O2/c1-8-5-10(13-16-8)6-14-3-4-15-11(7-14)9(2)12/h5,9,11H,3-4,6-7,12H2,1-2H3. The first kappa shape index (κ1) is 11.6. The molecule has 2 atom stereocenters. The van der Waals surface area contributed by atoms with Crippen LogP contribution in [0.5, 0.6) is 0 Å². The largest absolute Gasteiger partial charge is 0.374 e. The summed E-state index contributed by atoms with van der Waals surface area (Å²) in [4.78, 5) is 2.30. The molecular formula is C11H19N3O2. The topological polar surface area (TPSA) is 64.5 Å². The van der Waals surface area contributed by atoms with Gasteiger partial charge in [-0.2, -0.15) is 0 Å². The van der Waals surface area contributed by atoms with E-state index in [1.54, 1.807) is 0 Å². The highest BCUT2D eigenvalue weighted by Crippen LogP contribution is 2.12. The van der Waals surface area contributed by atoms with E-state index in [1.165, 1.54) is 0 Å². The van der Waals surface area contributed by atoms with Gasteiger partial charge in [0, 0.05) is 31.7 Å². The molecule has 1 aliphatic heterocycles. The predicted molar refractivity (Wildman–Crippen MR) is 59.9 cm³/mol. The third-order valence-corrected chi connectivity index (χ3v) is 2.83. The Morgan fingerprint density at radius 3 is 3.12 bits per heavy atom. The highest BCUT2D eigenvalue weighted by Gasteiger charge is 2.23. The summed E-state index contributed by atoms with van der Waals surface area (Å²) in [7, 11) is 0. The SMILES string of the molecule is Cc1cc(CN2CCOC(C(C)N)C2)no1. The maximum Gasteiger partial charge on any atom is 0.133 e. The summed E-state index contributed by atoms with van der Waals surface area (Å²) in [6.07, 6.45) is 0.127. The van der Waals surface area contributed by atoms with Crippen LogP contribution in [0.1, 0.15) is 18.4 Å². The van der Waals surface area contributed by atoms with Gasteiger partial charge in [-0.3, -0.25) is 4.90 Å². The Kier molecular flexibility index (Phi) is 3.58. The van der Waals surface area contributed by atoms with Crippen molar-refractivity contribution in [3.05, 3.63) is 17.5 Å². The van der Waals surface area contributed by atoms with Gasteiger partial charge in [0.15, 0.2) is 0 Å². The first-order valence-corrected chi connectivity index (χ1v) is 5.67. The van der Waals surface area contributed by atoms with E-state index in [1.807, 2.05) is 19.9 Å². The molecule has 2 unspecified atom stereocenters. The quantitative estimate of drug-likeness (QED) is 0.813. The van der Waals surface area contributed by atoms with Crippen molar-refractivity contribution in [2.75, 3.05) is 19.7 Å². The van der Waals surface area contributed by atoms with Crippen molar-refractivity contribution in [1.29, 1.82) is 0 Å². The van der Waals surface area contributed by atoms with E-state index in [9.17, 15) is 0 Å². The summed E-state index contributed by atoms with van der Waals surface area (Å²) in [5, 5.41) is 3.99. The van der Waals surface area contributed by atoms with E-state index < -0.39 is 0 Å². The summed E-state index contributed by atoms with van der Waals surface area (Å²) in [5.74, 6) is 0.854. The first-order chi connectivity index (χ1) is 7.65. The van der Waals surface area contributed by atoms with Gasteiger partial charge in [-0.1, -0.05) is 5.16 Å². The van der Waals surface area contributed by atoms with Gasteiger partial charge in [0.25, 0.3) is 0 Å². The molecule has 0 aliphatic carbocycles. The molecule has 0 aromatic carbocycles. The Hall–Kier alpha value is -0.910. The lowest BCUT2D eigenvalue weighted by Crippen LogP contribution is -2.49. The fraction of sp³-hybridized carbons (Fsp3) is 0.727. The average molecular weight is 225 g/mol. The molecule has 5 nitrogen and oxygen atoms in total. The van der Waals surface area contributed by atoms with Crippen LogP contribution in [-0.4, -0.2) is 41.9 Å². The molecule has 1 saturated heterocycles. The third-order valence-electron chi connectivity index (χ3n) is 2.83. The van der Waals surface area contributed by atoms with Crippen molar-refractivity contribution in [3.8, 4) is 0 Å². The summed E-state index contributed by atoms with van der Waals surface area (Å²) in [6, 6.07) is 2.04. The smallest absolute Gasteiger partial charge is 0.133 e. The monoisotopic (exact) mass is 225 g/mol. The molecule has 90 valence electrons. The van der Waals surface area contributed by atoms with Gasteiger partial charge in [-0.15, -0.1) is 0 Å². The number of aryl methyl sites for hydroxylation is 1. The molecule has 0 bridgehead atoms. The van der Waals surface area contributed by atoms with Gasteiger partial charge in [0.05, 0.1) is 18.4 Å². The minimum absolute atomic E-state index is 0.0712. The number of ether oxygens (including phenoxy) is 1. The molecule has 2 rings (SSSR count). The number of nitrogens with two attached hydrogens (primary N) is 1. The minimum atomic E-state index is 0.0712. The van der Waals surface area contributed by atoms with Crippen molar-refractivity contribution in [2.24, 2.45) is 5.73 Å². The molecule has 0 amide bonds. The number of aromatic nitrogens is 1. The van der Waals surface area contributed by atoms with Gasteiger partial charge >= 0.3 is 0 Å². The molecule has 2 N–H and O–H groups in total. The van der Waals surface area contributed by atoms with E-state index >= 15 is 0 Å². The minimum Gasteiger partial charge on any atom is -0.374 e. The van der Waals surface area contributed by atoms with Crippen molar-refractivity contribution in [1.82, 2.24) is 10.1 Å². The van der Waals surface area contributed by atoms with Gasteiger partial charge in [-0.25, -0.2) is 0 Å². The molecule has 1 aromatic rings. The van der Waals surface area contributed by atoms with Gasteiger partial charge in [0.1, 0.15) is 5.76 Å². The van der Waals surface area contributed by atoms with Crippen LogP contribution >= 0.6 is 0 Å². The van der Waals surface area contributed by atoms with Crippen molar-refractivity contribution >= 4 is 0 Å². The number of rotatable bonds is 3. The van der Waals surface area contributed by atoms with Crippen LogP contribution in [0.15, 0.2) is 10.6 Å². The van der Waals surface area contributed by atoms with Crippen LogP contribution < -0.4 is 5.73 Å². The summed E-state index contributed by atoms with van der Waals surface area (Å²) in [5.41, 5.74) is 6.82. The maximum absolute atomic E-state index is 5.84. The van der Waals surface area contributed by atoms with Crippen LogP contribution in [0.3, 0.4) is 0 Å². The Bertz CT molecular complexity index is 338. The Balaban J connectivity index is 1.90. The van der Waals surface area contributed by atoms with E-state index in [-0.39, 0.29) is 12.1 Å². The second-order valence-corrected chi connectivity index (χ2v) is 4.43. The fourth-order valence-corrected chi connectivity index (χ4v) is 1.91. The first-order valence-electron chi connectivity index (χ1n) is 5.67. The normalized spacial score (nSPS) is 24.6. The number of nitrogens with zero attached hydrogens (tertiary/aromatic N) is 2. The zero-order chi connectivity index (χ0) is 11.5. The summed E-state index contributed by atoms with van der Waals surface area (Å²) >= 11 is 0. The Labute approximate surface area is 95.5 Å². The van der Waals surface area contributed by atoms with E-state index in [4.69, 9.17) is 15.0 Å². The molecule has 1 fully saturated rings. The van der Waals surface area contributed by atoms with E-state index in [0.717, 1.165) is 37.7 Å². The molecule has 0 radical (unpaired) electrons. The molecule has 1 aliphatic rings. The lowest BCUT2D eigenvalue weighted by Gasteiger charge is -2.34. The van der Waals surface area contributed by atoms with Crippen molar-refractivity contribution in [3.63, 3.8) is 0 Å². The van der Waals surface area contributed by atoms with E-state index in [2.05, 4.69) is 10.1 Å². The maximum atomic E-state index is 5.84. The Morgan fingerprint density at radius 1 is 1.69 bits per heavy atom. The molecule has 1 aromatic heterocycles. The zero-order valence-electron chi connectivity index (χ0n) is 9.85. The van der Waals surface area contributed by atoms with Crippen LogP contribution in [0.4, 0.5) is 0 Å². The molecular weight excluding hydrogens is 206 g/mol. The van der Waals surface area contributed by atoms with Gasteiger partial charge < -0.3 is 15.0 Å². The van der Waals surface area contributed by atoms with Crippen LogP contribution in [0, 0.1) is 6.92 Å². The number of morpholine rings is 1. The molecule has 16 heavy (non-hydrogen) atoms. The molecule has 5 heteroatoms. The highest BCUT2D eigenvalue weighted by molar-refractivity contribution is 5.03. The lowest BCUT2D eigenvalue weighted by molar-refractivity contribution is -0.0408. The van der Waals surface area contributed by atoms with Crippen molar-refractivity contribution < 1.29 is 9.26 Å². The average Bonchev–Trinajstić information content (AvgIpc) is 2.64. The predicted octanol–water partition coefficient (Wildman–Crippen LogP) is 0.531. The molecule has 0 spiro atoms. The van der Waals surface area contributed by atoms with Crippen LogP contribution in [0.25, 0.3) is 0 Å². The number of hydrogen-bond acceptors (Lipinski definition) is 5. The highest BCUT2D eigenvalue weighted by atomic mass is 16.5. The van der Waals surface area contributed by atoms with Crippen LogP contribution in [-0.2, 0) is 11.3 Å². The second kappa shape index (κ2) is 4.95. The van der Waals surface area contributed by atoms with Gasteiger partial charge in [0.2, 0.25) is 0 Å². The van der Waals surface area contributed by atoms with Crippen LogP contribution in [0.2, 0.25) is 0 Å². The summed E-state index contributed by atoms with van der Waals surface area (Å²) < 4.78 is 10.6. The third kappa shape index (κ3) is 2.81. The molecule has 0 saturated carbocycles. The molecule has 2 heterocycles. The van der Waals surface area contributed by atoms with Crippen molar-refractivity contribution in [2.45, 2.75) is 32.5 Å². The van der Waals surface area contributed by atoms with E-state index in [0.29, 0.717) is 0 Å². The zero-order valence-corrected chi connectivity index (χ0v) is 9.85. The lowest BCUT2D eigenvalue weighted by atomic mass is 10.1.